The van der Waals surface area contributed by atoms with Crippen LogP contribution in [0.15, 0.2) is 29.8 Å². The highest BCUT2D eigenvalue weighted by atomic mass is 16.1. The number of Topliss-reactive ketones (excluding diaryl/α,β-unsaturated/α-hetero) is 1. The van der Waals surface area contributed by atoms with Crippen LogP contribution in [0.2, 0.25) is 0 Å². The number of carbonyl (C=O) groups excluding carboxylic acids is 1. The van der Waals surface area contributed by atoms with Gasteiger partial charge in [-0.1, -0.05) is 43.5 Å². The summed E-state index contributed by atoms with van der Waals surface area (Å²) in [6.07, 6.45) is 12.9. The second-order valence-corrected chi connectivity index (χ2v) is 6.30. The number of carbonyl (C=O) groups is 1. The van der Waals surface area contributed by atoms with Gasteiger partial charge in [-0.25, -0.2) is 0 Å². The predicted octanol–water partition coefficient (Wildman–Crippen LogP) is 5.26. The summed E-state index contributed by atoms with van der Waals surface area (Å²) in [7, 11) is 0. The van der Waals surface area contributed by atoms with E-state index in [1.54, 1.807) is 0 Å². The summed E-state index contributed by atoms with van der Waals surface area (Å²) in [4.78, 5) is 11.8. The largest absolute Gasteiger partial charge is 0.295 e. The minimum atomic E-state index is 0.354. The summed E-state index contributed by atoms with van der Waals surface area (Å²) in [6, 6.07) is 8.93. The summed E-state index contributed by atoms with van der Waals surface area (Å²) in [5.74, 6) is 1.12. The lowest BCUT2D eigenvalue weighted by molar-refractivity contribution is -0.116. The van der Waals surface area contributed by atoms with E-state index in [4.69, 9.17) is 0 Å². The van der Waals surface area contributed by atoms with Gasteiger partial charge in [0.2, 0.25) is 0 Å². The van der Waals surface area contributed by atoms with Crippen molar-refractivity contribution in [1.82, 2.24) is 0 Å². The Kier molecular flexibility index (Phi) is 4.34. The molecule has 0 N–H and O–H groups in total. The molecule has 3 rings (SSSR count). The van der Waals surface area contributed by atoms with E-state index in [1.807, 2.05) is 0 Å². The molecule has 1 aromatic carbocycles. The smallest absolute Gasteiger partial charge is 0.158 e. The van der Waals surface area contributed by atoms with E-state index >= 15 is 0 Å². The van der Waals surface area contributed by atoms with Gasteiger partial charge < -0.3 is 0 Å². The number of hydrogen-bond acceptors (Lipinski definition) is 1. The third-order valence-electron chi connectivity index (χ3n) is 4.81. The molecule has 1 nitrogen and oxygen atoms in total. The molecule has 1 heteroatoms. The second-order valence-electron chi connectivity index (χ2n) is 6.30. The molecule has 0 aliphatic heterocycles. The molecule has 1 aromatic rings. The molecule has 0 spiro atoms. The Balaban J connectivity index is 1.72. The van der Waals surface area contributed by atoms with E-state index in [2.05, 4.69) is 30.3 Å². The second kappa shape index (κ2) is 6.39. The topological polar surface area (TPSA) is 17.1 Å². The van der Waals surface area contributed by atoms with Gasteiger partial charge in [-0.15, -0.1) is 0 Å². The summed E-state index contributed by atoms with van der Waals surface area (Å²) in [6.45, 7) is 0. The quantitative estimate of drug-likeness (QED) is 0.668. The normalized spacial score (nSPS) is 23.2. The molecule has 0 amide bonds. The van der Waals surface area contributed by atoms with Crippen LogP contribution in [0.5, 0.6) is 0 Å². The average Bonchev–Trinajstić information content (AvgIpc) is 2.51. The van der Waals surface area contributed by atoms with Crippen LogP contribution >= 0.6 is 0 Å². The van der Waals surface area contributed by atoms with Crippen molar-refractivity contribution in [1.29, 1.82) is 0 Å². The van der Waals surface area contributed by atoms with Crippen molar-refractivity contribution < 1.29 is 4.79 Å². The summed E-state index contributed by atoms with van der Waals surface area (Å²) in [5.41, 5.74) is 3.71. The molecular weight excluding hydrogens is 244 g/mol. The Morgan fingerprint density at radius 1 is 0.850 bits per heavy atom. The summed E-state index contributed by atoms with van der Waals surface area (Å²) >= 11 is 0. The molecule has 0 unspecified atom stereocenters. The molecule has 2 fully saturated rings. The Hall–Kier alpha value is -1.37. The lowest BCUT2D eigenvalue weighted by Gasteiger charge is -2.22. The molecular formula is C19H24O. The molecule has 0 saturated heterocycles. The highest BCUT2D eigenvalue weighted by Crippen LogP contribution is 2.32. The first-order valence-electron chi connectivity index (χ1n) is 8.17. The van der Waals surface area contributed by atoms with E-state index < -0.39 is 0 Å². The van der Waals surface area contributed by atoms with Gasteiger partial charge in [-0.3, -0.25) is 4.79 Å². The minimum absolute atomic E-state index is 0.354. The number of ketones is 1. The molecule has 0 heterocycles. The Labute approximate surface area is 122 Å². The van der Waals surface area contributed by atoms with Gasteiger partial charge in [0.25, 0.3) is 0 Å². The van der Waals surface area contributed by atoms with E-state index in [0.717, 1.165) is 37.2 Å². The van der Waals surface area contributed by atoms with Gasteiger partial charge in [0.1, 0.15) is 0 Å². The molecule has 2 aliphatic carbocycles. The van der Waals surface area contributed by atoms with E-state index in [0.29, 0.717) is 5.78 Å². The van der Waals surface area contributed by atoms with E-state index in [9.17, 15) is 4.79 Å². The van der Waals surface area contributed by atoms with Crippen LogP contribution in [-0.4, -0.2) is 5.78 Å². The lowest BCUT2D eigenvalue weighted by Crippen LogP contribution is -2.08. The zero-order valence-electron chi connectivity index (χ0n) is 12.2. The van der Waals surface area contributed by atoms with Gasteiger partial charge in [0, 0.05) is 6.42 Å². The molecule has 0 aromatic heterocycles. The van der Waals surface area contributed by atoms with Crippen LogP contribution in [0, 0.1) is 0 Å². The van der Waals surface area contributed by atoms with Crippen molar-refractivity contribution in [3.8, 4) is 0 Å². The number of rotatable bonds is 2. The fourth-order valence-electron chi connectivity index (χ4n) is 3.56. The number of allylic oxidation sites excluding steroid dienone is 1. The van der Waals surface area contributed by atoms with Crippen LogP contribution < -0.4 is 0 Å². The molecule has 106 valence electrons. The third kappa shape index (κ3) is 3.20. The maximum atomic E-state index is 11.8. The lowest BCUT2D eigenvalue weighted by atomic mass is 9.84. The van der Waals surface area contributed by atoms with E-state index in [-0.39, 0.29) is 0 Å². The van der Waals surface area contributed by atoms with Gasteiger partial charge in [0.15, 0.2) is 5.78 Å². The first-order valence-corrected chi connectivity index (χ1v) is 8.17. The molecule has 0 radical (unpaired) electrons. The zero-order chi connectivity index (χ0) is 13.8. The zero-order valence-corrected chi connectivity index (χ0v) is 12.2. The molecule has 0 bridgehead atoms. The van der Waals surface area contributed by atoms with Crippen LogP contribution in [-0.2, 0) is 4.79 Å². The highest BCUT2D eigenvalue weighted by Gasteiger charge is 2.16. The van der Waals surface area contributed by atoms with Gasteiger partial charge >= 0.3 is 0 Å². The predicted molar refractivity (Wildman–Crippen MR) is 83.7 cm³/mol. The Morgan fingerprint density at radius 2 is 1.55 bits per heavy atom. The third-order valence-corrected chi connectivity index (χ3v) is 4.81. The van der Waals surface area contributed by atoms with Crippen molar-refractivity contribution in [3.63, 3.8) is 0 Å². The molecule has 20 heavy (non-hydrogen) atoms. The summed E-state index contributed by atoms with van der Waals surface area (Å²) < 4.78 is 0. The van der Waals surface area contributed by atoms with Crippen molar-refractivity contribution in [2.75, 3.05) is 0 Å². The standard InChI is InChI=1S/C19H24O/c20-19-9-5-4-8-18(19)14-15-10-12-17(13-11-15)16-6-2-1-3-7-16/h10-14,16H,1-9H2. The minimum Gasteiger partial charge on any atom is -0.295 e. The van der Waals surface area contributed by atoms with Crippen molar-refractivity contribution in [2.45, 2.75) is 63.7 Å². The molecule has 2 saturated carbocycles. The monoisotopic (exact) mass is 268 g/mol. The number of hydrogen-bond donors (Lipinski definition) is 0. The van der Waals surface area contributed by atoms with Crippen molar-refractivity contribution in [3.05, 3.63) is 41.0 Å². The van der Waals surface area contributed by atoms with Crippen LogP contribution in [0.3, 0.4) is 0 Å². The van der Waals surface area contributed by atoms with Crippen LogP contribution in [0.25, 0.3) is 6.08 Å². The maximum absolute atomic E-state index is 11.8. The fourth-order valence-corrected chi connectivity index (χ4v) is 3.56. The molecule has 0 atom stereocenters. The highest BCUT2D eigenvalue weighted by molar-refractivity contribution is 6.00. The fraction of sp³-hybridized carbons (Fsp3) is 0.526. The first kappa shape index (κ1) is 13.6. The van der Waals surface area contributed by atoms with Gasteiger partial charge in [-0.2, -0.15) is 0 Å². The Morgan fingerprint density at radius 3 is 2.25 bits per heavy atom. The summed E-state index contributed by atoms with van der Waals surface area (Å²) in [5, 5.41) is 0. The SMILES string of the molecule is O=C1CCCCC1=Cc1ccc(C2CCCCC2)cc1. The van der Waals surface area contributed by atoms with Crippen LogP contribution in [0.1, 0.15) is 74.8 Å². The number of benzene rings is 1. The average molecular weight is 268 g/mol. The van der Waals surface area contributed by atoms with E-state index in [1.165, 1.54) is 43.2 Å². The first-order chi connectivity index (χ1) is 9.83. The van der Waals surface area contributed by atoms with Crippen molar-refractivity contribution in [2.24, 2.45) is 0 Å². The van der Waals surface area contributed by atoms with Crippen LogP contribution in [0.4, 0.5) is 0 Å². The van der Waals surface area contributed by atoms with Crippen molar-refractivity contribution >= 4 is 11.9 Å². The Bertz CT molecular complexity index is 489. The maximum Gasteiger partial charge on any atom is 0.158 e. The van der Waals surface area contributed by atoms with Gasteiger partial charge in [-0.05, 0) is 60.8 Å². The van der Waals surface area contributed by atoms with Gasteiger partial charge in [0.05, 0.1) is 0 Å². The molecule has 2 aliphatic rings.